The highest BCUT2D eigenvalue weighted by Crippen LogP contribution is 2.41. The van der Waals surface area contributed by atoms with Gasteiger partial charge in [-0.3, -0.25) is 4.79 Å². The lowest BCUT2D eigenvalue weighted by Gasteiger charge is -2.27. The molecule has 0 aliphatic heterocycles. The summed E-state index contributed by atoms with van der Waals surface area (Å²) in [5.41, 5.74) is 0.413. The summed E-state index contributed by atoms with van der Waals surface area (Å²) in [6.45, 7) is 7.00. The lowest BCUT2D eigenvalue weighted by Crippen LogP contribution is -2.35. The molecule has 106 valence electrons. The fourth-order valence-electron chi connectivity index (χ4n) is 2.27. The van der Waals surface area contributed by atoms with Crippen LogP contribution in [0.3, 0.4) is 0 Å². The zero-order valence-electron chi connectivity index (χ0n) is 11.9. The summed E-state index contributed by atoms with van der Waals surface area (Å²) in [6.07, 6.45) is 6.10. The predicted molar refractivity (Wildman–Crippen MR) is 78.8 cm³/mol. The van der Waals surface area contributed by atoms with Crippen LogP contribution in [0.5, 0.6) is 0 Å². The number of hydrogen-bond acceptors (Lipinski definition) is 3. The highest BCUT2D eigenvalue weighted by atomic mass is 35.5. The maximum Gasteiger partial charge on any atom is 0.287 e. The van der Waals surface area contributed by atoms with Gasteiger partial charge in [-0.25, -0.2) is 4.68 Å². The Kier molecular flexibility index (Phi) is 4.19. The van der Waals surface area contributed by atoms with E-state index in [1.807, 2.05) is 0 Å². The highest BCUT2D eigenvalue weighted by molar-refractivity contribution is 6.32. The molecule has 0 aromatic carbocycles. The van der Waals surface area contributed by atoms with Crippen LogP contribution < -0.4 is 10.9 Å². The van der Waals surface area contributed by atoms with Crippen LogP contribution in [0.2, 0.25) is 5.02 Å². The van der Waals surface area contributed by atoms with E-state index in [9.17, 15) is 4.79 Å². The van der Waals surface area contributed by atoms with E-state index >= 15 is 0 Å². The van der Waals surface area contributed by atoms with Crippen molar-refractivity contribution in [1.82, 2.24) is 9.78 Å². The minimum Gasteiger partial charge on any atom is -0.377 e. The third kappa shape index (κ3) is 3.30. The van der Waals surface area contributed by atoms with Gasteiger partial charge in [-0.05, 0) is 39.0 Å². The van der Waals surface area contributed by atoms with E-state index in [0.717, 1.165) is 12.8 Å². The highest BCUT2D eigenvalue weighted by Gasteiger charge is 2.38. The quantitative estimate of drug-likeness (QED) is 0.871. The zero-order chi connectivity index (χ0) is 14.0. The molecule has 1 heterocycles. The maximum absolute atomic E-state index is 12.1. The number of unbranched alkanes of at least 4 members (excludes halogenated alkanes) is 1. The van der Waals surface area contributed by atoms with Crippen LogP contribution in [-0.2, 0) is 6.54 Å². The van der Waals surface area contributed by atoms with Gasteiger partial charge in [0.25, 0.3) is 5.56 Å². The monoisotopic (exact) mass is 283 g/mol. The Bertz CT molecular complexity index is 506. The summed E-state index contributed by atoms with van der Waals surface area (Å²) in [7, 11) is 0. The molecule has 1 aromatic heterocycles. The molecule has 1 aromatic rings. The maximum atomic E-state index is 12.1. The second-order valence-electron chi connectivity index (χ2n) is 5.88. The van der Waals surface area contributed by atoms with Crippen LogP contribution in [0, 0.1) is 5.92 Å². The summed E-state index contributed by atoms with van der Waals surface area (Å²) in [5.74, 6) is 0.658. The molecule has 1 N–H and O–H groups in total. The molecule has 0 bridgehead atoms. The fraction of sp³-hybridized carbons (Fsp3) is 0.714. The van der Waals surface area contributed by atoms with E-state index in [2.05, 4.69) is 31.2 Å². The summed E-state index contributed by atoms with van der Waals surface area (Å²) < 4.78 is 1.45. The number of halogens is 1. The van der Waals surface area contributed by atoms with Gasteiger partial charge in [0, 0.05) is 12.1 Å². The molecule has 1 fully saturated rings. The van der Waals surface area contributed by atoms with Crippen molar-refractivity contribution in [3.05, 3.63) is 21.6 Å². The Labute approximate surface area is 119 Å². The van der Waals surface area contributed by atoms with E-state index < -0.39 is 0 Å². The standard InChI is InChI=1S/C14H22ClN3O/c1-4-5-8-18-13(19)12(15)11(9-16-18)17-14(2,3)10-6-7-10/h9-10,17H,4-8H2,1-3H3. The van der Waals surface area contributed by atoms with E-state index in [1.165, 1.54) is 17.5 Å². The molecule has 1 aliphatic rings. The second-order valence-corrected chi connectivity index (χ2v) is 6.25. The van der Waals surface area contributed by atoms with Crippen LogP contribution in [0.1, 0.15) is 46.5 Å². The molecular weight excluding hydrogens is 262 g/mol. The summed E-state index contributed by atoms with van der Waals surface area (Å²) in [4.78, 5) is 12.1. The minimum atomic E-state index is -0.202. The van der Waals surface area contributed by atoms with Crippen molar-refractivity contribution in [3.8, 4) is 0 Å². The molecule has 5 heteroatoms. The lowest BCUT2D eigenvalue weighted by atomic mass is 9.98. The molecule has 2 rings (SSSR count). The van der Waals surface area contributed by atoms with Gasteiger partial charge < -0.3 is 5.32 Å². The minimum absolute atomic E-state index is 0.0344. The molecule has 19 heavy (non-hydrogen) atoms. The number of nitrogens with zero attached hydrogens (tertiary/aromatic N) is 2. The first-order valence-corrected chi connectivity index (χ1v) is 7.37. The number of nitrogens with one attached hydrogen (secondary N) is 1. The molecule has 1 aliphatic carbocycles. The van der Waals surface area contributed by atoms with Crippen molar-refractivity contribution in [2.24, 2.45) is 5.92 Å². The van der Waals surface area contributed by atoms with Gasteiger partial charge in [-0.1, -0.05) is 24.9 Å². The van der Waals surface area contributed by atoms with Crippen molar-refractivity contribution in [1.29, 1.82) is 0 Å². The SMILES string of the molecule is CCCCn1ncc(NC(C)(C)C2CC2)c(Cl)c1=O. The van der Waals surface area contributed by atoms with Crippen LogP contribution >= 0.6 is 11.6 Å². The summed E-state index contributed by atoms with van der Waals surface area (Å²) in [6, 6.07) is 0. The molecule has 0 radical (unpaired) electrons. The number of aryl methyl sites for hydroxylation is 1. The molecule has 1 saturated carbocycles. The van der Waals surface area contributed by atoms with Crippen molar-refractivity contribution in [2.45, 2.75) is 58.5 Å². The van der Waals surface area contributed by atoms with Crippen LogP contribution in [0.4, 0.5) is 5.69 Å². The third-order valence-corrected chi connectivity index (χ3v) is 4.13. The zero-order valence-corrected chi connectivity index (χ0v) is 12.6. The van der Waals surface area contributed by atoms with E-state index in [-0.39, 0.29) is 16.1 Å². The number of rotatable bonds is 6. The number of anilines is 1. The third-order valence-electron chi connectivity index (χ3n) is 3.76. The molecule has 0 saturated heterocycles. The van der Waals surface area contributed by atoms with Gasteiger partial charge in [0.1, 0.15) is 5.02 Å². The Hall–Kier alpha value is -1.03. The Morgan fingerprint density at radius 2 is 2.21 bits per heavy atom. The van der Waals surface area contributed by atoms with Crippen LogP contribution in [0.15, 0.2) is 11.0 Å². The van der Waals surface area contributed by atoms with Gasteiger partial charge in [0.2, 0.25) is 0 Å². The van der Waals surface area contributed by atoms with Gasteiger partial charge in [0.15, 0.2) is 0 Å². The Balaban J connectivity index is 2.18. The molecule has 0 atom stereocenters. The first-order chi connectivity index (χ1) is 8.95. The fourth-order valence-corrected chi connectivity index (χ4v) is 2.47. The molecule has 4 nitrogen and oxygen atoms in total. The smallest absolute Gasteiger partial charge is 0.287 e. The van der Waals surface area contributed by atoms with Crippen molar-refractivity contribution in [3.63, 3.8) is 0 Å². The average molecular weight is 284 g/mol. The van der Waals surface area contributed by atoms with Gasteiger partial charge in [-0.2, -0.15) is 5.10 Å². The summed E-state index contributed by atoms with van der Waals surface area (Å²) in [5, 5.41) is 7.81. The van der Waals surface area contributed by atoms with Gasteiger partial charge >= 0.3 is 0 Å². The van der Waals surface area contributed by atoms with Crippen molar-refractivity contribution < 1.29 is 0 Å². The van der Waals surface area contributed by atoms with E-state index in [1.54, 1.807) is 6.20 Å². The van der Waals surface area contributed by atoms with E-state index in [4.69, 9.17) is 11.6 Å². The predicted octanol–water partition coefficient (Wildman–Crippen LogP) is 3.30. The van der Waals surface area contributed by atoms with Crippen molar-refractivity contribution >= 4 is 17.3 Å². The Morgan fingerprint density at radius 3 is 2.79 bits per heavy atom. The Morgan fingerprint density at radius 1 is 1.53 bits per heavy atom. The van der Waals surface area contributed by atoms with Crippen LogP contribution in [0.25, 0.3) is 0 Å². The first kappa shape index (κ1) is 14.4. The molecular formula is C14H22ClN3O. The average Bonchev–Trinajstić information content (AvgIpc) is 3.18. The summed E-state index contributed by atoms with van der Waals surface area (Å²) >= 11 is 6.17. The topological polar surface area (TPSA) is 46.9 Å². The number of aromatic nitrogens is 2. The lowest BCUT2D eigenvalue weighted by molar-refractivity contribution is 0.492. The largest absolute Gasteiger partial charge is 0.377 e. The van der Waals surface area contributed by atoms with Gasteiger partial charge in [0.05, 0.1) is 11.9 Å². The molecule has 0 spiro atoms. The van der Waals surface area contributed by atoms with Gasteiger partial charge in [-0.15, -0.1) is 0 Å². The molecule has 0 amide bonds. The normalized spacial score (nSPS) is 15.6. The number of hydrogen-bond donors (Lipinski definition) is 1. The van der Waals surface area contributed by atoms with E-state index in [0.29, 0.717) is 18.2 Å². The van der Waals surface area contributed by atoms with Crippen LogP contribution in [-0.4, -0.2) is 15.3 Å². The molecule has 0 unspecified atom stereocenters. The first-order valence-electron chi connectivity index (χ1n) is 6.99. The second kappa shape index (κ2) is 5.53. The van der Waals surface area contributed by atoms with Crippen molar-refractivity contribution in [2.75, 3.05) is 5.32 Å².